The molecule has 13 heavy (non-hydrogen) atoms. The Morgan fingerprint density at radius 1 is 1.46 bits per heavy atom. The molecule has 3 heteroatoms. The van der Waals surface area contributed by atoms with Gasteiger partial charge in [-0.15, -0.1) is 0 Å². The van der Waals surface area contributed by atoms with E-state index in [1.807, 2.05) is 0 Å². The largest absolute Gasteiger partial charge is 0.411 e. The van der Waals surface area contributed by atoms with E-state index in [1.54, 1.807) is 0 Å². The summed E-state index contributed by atoms with van der Waals surface area (Å²) in [5.74, 6) is 0.458. The summed E-state index contributed by atoms with van der Waals surface area (Å²) in [4.78, 5) is 11.2. The Bertz CT molecular complexity index is 238. The van der Waals surface area contributed by atoms with E-state index in [1.165, 1.54) is 0 Å². The smallest absolute Gasteiger partial charge is 0.180 e. The maximum absolute atomic E-state index is 11.2. The minimum Gasteiger partial charge on any atom is -0.411 e. The zero-order chi connectivity index (χ0) is 10.1. The van der Waals surface area contributed by atoms with Gasteiger partial charge < -0.3 is 5.21 Å². The van der Waals surface area contributed by atoms with E-state index in [4.69, 9.17) is 5.21 Å². The fourth-order valence-electron chi connectivity index (χ4n) is 1.73. The number of Topliss-reactive ketones (excluding diaryl/α,β-unsaturated/α-hetero) is 1. The van der Waals surface area contributed by atoms with E-state index in [2.05, 4.69) is 25.9 Å². The fourth-order valence-corrected chi connectivity index (χ4v) is 1.73. The molecule has 0 radical (unpaired) electrons. The normalized spacial score (nSPS) is 28.1. The standard InChI is InChI=1S/C10H17NO2/c1-10(2,3)7-4-5-9(12)8(6-7)11-13/h7,13H,4-6H2,1-3H3/b11-8+. The highest BCUT2D eigenvalue weighted by Gasteiger charge is 2.32. The summed E-state index contributed by atoms with van der Waals surface area (Å²) < 4.78 is 0. The number of carbonyl (C=O) groups is 1. The number of hydrogen-bond acceptors (Lipinski definition) is 3. The van der Waals surface area contributed by atoms with Crippen molar-refractivity contribution >= 4 is 11.5 Å². The second kappa shape index (κ2) is 3.48. The highest BCUT2D eigenvalue weighted by Crippen LogP contribution is 2.35. The molecule has 1 fully saturated rings. The van der Waals surface area contributed by atoms with Crippen LogP contribution in [0.15, 0.2) is 5.16 Å². The Hall–Kier alpha value is -0.860. The molecule has 3 nitrogen and oxygen atoms in total. The van der Waals surface area contributed by atoms with Crippen LogP contribution < -0.4 is 0 Å². The van der Waals surface area contributed by atoms with Gasteiger partial charge in [0, 0.05) is 6.42 Å². The highest BCUT2D eigenvalue weighted by molar-refractivity contribution is 6.40. The molecule has 0 aromatic carbocycles. The molecule has 0 aliphatic heterocycles. The van der Waals surface area contributed by atoms with Crippen molar-refractivity contribution in [2.45, 2.75) is 40.0 Å². The van der Waals surface area contributed by atoms with Crippen LogP contribution >= 0.6 is 0 Å². The van der Waals surface area contributed by atoms with E-state index in [-0.39, 0.29) is 11.2 Å². The van der Waals surface area contributed by atoms with Crippen molar-refractivity contribution in [1.29, 1.82) is 0 Å². The first kappa shape index (κ1) is 10.2. The molecule has 0 heterocycles. The Balaban J connectivity index is 2.71. The molecule has 0 spiro atoms. The molecule has 1 rings (SSSR count). The Morgan fingerprint density at radius 2 is 2.08 bits per heavy atom. The molecule has 74 valence electrons. The van der Waals surface area contributed by atoms with Crippen molar-refractivity contribution in [1.82, 2.24) is 0 Å². The van der Waals surface area contributed by atoms with Crippen LogP contribution in [0, 0.1) is 11.3 Å². The lowest BCUT2D eigenvalue weighted by Crippen LogP contribution is -2.32. The minimum atomic E-state index is 0.00278. The Labute approximate surface area is 78.8 Å². The molecule has 0 bridgehead atoms. The first-order valence-corrected chi connectivity index (χ1v) is 4.69. The van der Waals surface area contributed by atoms with Crippen LogP contribution in [0.1, 0.15) is 40.0 Å². The van der Waals surface area contributed by atoms with Crippen LogP contribution in [0.4, 0.5) is 0 Å². The molecule has 1 unspecified atom stereocenters. The minimum absolute atomic E-state index is 0.00278. The second-order valence-electron chi connectivity index (χ2n) is 4.78. The van der Waals surface area contributed by atoms with Gasteiger partial charge in [-0.3, -0.25) is 4.79 Å². The van der Waals surface area contributed by atoms with Gasteiger partial charge in [0.2, 0.25) is 0 Å². The van der Waals surface area contributed by atoms with Gasteiger partial charge in [0.05, 0.1) is 0 Å². The lowest BCUT2D eigenvalue weighted by molar-refractivity contribution is -0.114. The van der Waals surface area contributed by atoms with Crippen LogP contribution in [0.2, 0.25) is 0 Å². The van der Waals surface area contributed by atoms with Gasteiger partial charge in [0.25, 0.3) is 0 Å². The van der Waals surface area contributed by atoms with Crippen LogP contribution in [0.5, 0.6) is 0 Å². The molecule has 1 aliphatic rings. The summed E-state index contributed by atoms with van der Waals surface area (Å²) in [6, 6.07) is 0. The third kappa shape index (κ3) is 2.29. The number of oxime groups is 1. The van der Waals surface area contributed by atoms with Crippen LogP contribution in [-0.2, 0) is 4.79 Å². The van der Waals surface area contributed by atoms with Gasteiger partial charge in [0.1, 0.15) is 5.71 Å². The number of carbonyl (C=O) groups excluding carboxylic acids is 1. The lowest BCUT2D eigenvalue weighted by atomic mass is 9.71. The van der Waals surface area contributed by atoms with E-state index >= 15 is 0 Å². The SMILES string of the molecule is CC(C)(C)C1CCC(=O)/C(=N/O)C1. The fraction of sp³-hybridized carbons (Fsp3) is 0.800. The maximum atomic E-state index is 11.2. The zero-order valence-corrected chi connectivity index (χ0v) is 8.50. The number of nitrogens with zero attached hydrogens (tertiary/aromatic N) is 1. The molecule has 0 amide bonds. The highest BCUT2D eigenvalue weighted by atomic mass is 16.4. The summed E-state index contributed by atoms with van der Waals surface area (Å²) in [6.45, 7) is 6.47. The van der Waals surface area contributed by atoms with Gasteiger partial charge in [-0.1, -0.05) is 25.9 Å². The molecule has 0 saturated heterocycles. The van der Waals surface area contributed by atoms with Gasteiger partial charge >= 0.3 is 0 Å². The summed E-state index contributed by atoms with van der Waals surface area (Å²) in [5, 5.41) is 11.7. The van der Waals surface area contributed by atoms with Crippen molar-refractivity contribution in [3.8, 4) is 0 Å². The molecular formula is C10H17NO2. The van der Waals surface area contributed by atoms with Gasteiger partial charge in [0.15, 0.2) is 5.78 Å². The quantitative estimate of drug-likeness (QED) is 0.462. The molecule has 1 N–H and O–H groups in total. The van der Waals surface area contributed by atoms with E-state index in [0.717, 1.165) is 6.42 Å². The molecule has 1 aliphatic carbocycles. The topological polar surface area (TPSA) is 49.7 Å². The predicted octanol–water partition coefficient (Wildman–Crippen LogP) is 2.23. The Kier molecular flexibility index (Phi) is 2.74. The summed E-state index contributed by atoms with van der Waals surface area (Å²) >= 11 is 0. The predicted molar refractivity (Wildman–Crippen MR) is 51.0 cm³/mol. The monoisotopic (exact) mass is 183 g/mol. The van der Waals surface area contributed by atoms with Crippen molar-refractivity contribution in [2.24, 2.45) is 16.5 Å². The van der Waals surface area contributed by atoms with Crippen molar-refractivity contribution < 1.29 is 10.0 Å². The first-order chi connectivity index (χ1) is 5.95. The molecule has 1 saturated carbocycles. The van der Waals surface area contributed by atoms with Crippen LogP contribution in [0.3, 0.4) is 0 Å². The maximum Gasteiger partial charge on any atom is 0.180 e. The van der Waals surface area contributed by atoms with Crippen LogP contribution in [0.25, 0.3) is 0 Å². The molecule has 0 aromatic heterocycles. The third-order valence-electron chi connectivity index (χ3n) is 2.83. The van der Waals surface area contributed by atoms with Crippen LogP contribution in [-0.4, -0.2) is 16.7 Å². The van der Waals surface area contributed by atoms with E-state index in [0.29, 0.717) is 24.5 Å². The molecular weight excluding hydrogens is 166 g/mol. The first-order valence-electron chi connectivity index (χ1n) is 4.69. The van der Waals surface area contributed by atoms with Crippen molar-refractivity contribution in [2.75, 3.05) is 0 Å². The van der Waals surface area contributed by atoms with E-state index < -0.39 is 0 Å². The van der Waals surface area contributed by atoms with Gasteiger partial charge in [-0.05, 0) is 24.2 Å². The second-order valence-corrected chi connectivity index (χ2v) is 4.78. The van der Waals surface area contributed by atoms with E-state index in [9.17, 15) is 4.79 Å². The Morgan fingerprint density at radius 3 is 2.54 bits per heavy atom. The summed E-state index contributed by atoms with van der Waals surface area (Å²) in [7, 11) is 0. The average molecular weight is 183 g/mol. The number of rotatable bonds is 0. The lowest BCUT2D eigenvalue weighted by Gasteiger charge is -2.33. The number of ketones is 1. The zero-order valence-electron chi connectivity index (χ0n) is 8.50. The van der Waals surface area contributed by atoms with Gasteiger partial charge in [-0.2, -0.15) is 0 Å². The molecule has 1 atom stereocenters. The average Bonchev–Trinajstić information content (AvgIpc) is 2.03. The van der Waals surface area contributed by atoms with Gasteiger partial charge in [-0.25, -0.2) is 0 Å². The van der Waals surface area contributed by atoms with Crippen molar-refractivity contribution in [3.63, 3.8) is 0 Å². The van der Waals surface area contributed by atoms with Crippen molar-refractivity contribution in [3.05, 3.63) is 0 Å². The summed E-state index contributed by atoms with van der Waals surface area (Å²) in [5.41, 5.74) is 0.544. The third-order valence-corrected chi connectivity index (χ3v) is 2.83. The molecule has 0 aromatic rings. The summed E-state index contributed by atoms with van der Waals surface area (Å²) in [6.07, 6.45) is 2.07. The number of hydrogen-bond donors (Lipinski definition) is 1.